The monoisotopic (exact) mass is 371 g/mol. The van der Waals surface area contributed by atoms with Gasteiger partial charge in [-0.3, -0.25) is 10.1 Å². The van der Waals surface area contributed by atoms with E-state index >= 15 is 0 Å². The van der Waals surface area contributed by atoms with Crippen LogP contribution in [-0.2, 0) is 14.8 Å². The number of hydrogen-bond donors (Lipinski definition) is 0. The third-order valence-corrected chi connectivity index (χ3v) is 5.52. The largest absolute Gasteiger partial charge is 0.444 e. The number of nitro groups is 1. The first-order chi connectivity index (χ1) is 11.5. The van der Waals surface area contributed by atoms with Gasteiger partial charge < -0.3 is 9.64 Å². The van der Waals surface area contributed by atoms with Gasteiger partial charge in [-0.05, 0) is 26.8 Å². The Kier molecular flexibility index (Phi) is 5.33. The predicted octanol–water partition coefficient (Wildman–Crippen LogP) is 1.84. The molecule has 25 heavy (non-hydrogen) atoms. The summed E-state index contributed by atoms with van der Waals surface area (Å²) >= 11 is 0. The van der Waals surface area contributed by atoms with Crippen molar-refractivity contribution in [3.05, 3.63) is 34.4 Å². The van der Waals surface area contributed by atoms with Crippen molar-refractivity contribution in [2.45, 2.75) is 31.3 Å². The fraction of sp³-hybridized carbons (Fsp3) is 0.533. The topological polar surface area (TPSA) is 110 Å². The van der Waals surface area contributed by atoms with Gasteiger partial charge >= 0.3 is 6.09 Å². The maximum absolute atomic E-state index is 12.7. The van der Waals surface area contributed by atoms with Crippen molar-refractivity contribution in [2.75, 3.05) is 26.2 Å². The van der Waals surface area contributed by atoms with E-state index in [1.165, 1.54) is 23.1 Å². The Balaban J connectivity index is 2.12. The van der Waals surface area contributed by atoms with Crippen molar-refractivity contribution in [1.82, 2.24) is 9.21 Å². The van der Waals surface area contributed by atoms with E-state index in [9.17, 15) is 23.3 Å². The minimum Gasteiger partial charge on any atom is -0.444 e. The first kappa shape index (κ1) is 19.1. The van der Waals surface area contributed by atoms with Crippen molar-refractivity contribution in [2.24, 2.45) is 0 Å². The lowest BCUT2D eigenvalue weighted by Gasteiger charge is -2.34. The predicted molar refractivity (Wildman–Crippen MR) is 89.7 cm³/mol. The molecule has 1 aromatic carbocycles. The van der Waals surface area contributed by atoms with E-state index in [-0.39, 0.29) is 31.1 Å². The summed E-state index contributed by atoms with van der Waals surface area (Å²) in [5.74, 6) is 0. The normalized spacial score (nSPS) is 16.5. The molecule has 1 aliphatic rings. The molecule has 0 unspecified atom stereocenters. The molecule has 0 atom stereocenters. The van der Waals surface area contributed by atoms with Gasteiger partial charge in [-0.1, -0.05) is 12.1 Å². The highest BCUT2D eigenvalue weighted by Crippen LogP contribution is 2.27. The fourth-order valence-corrected chi connectivity index (χ4v) is 3.98. The molecule has 0 saturated carbocycles. The van der Waals surface area contributed by atoms with Crippen molar-refractivity contribution in [3.63, 3.8) is 0 Å². The van der Waals surface area contributed by atoms with Crippen molar-refractivity contribution < 1.29 is 22.9 Å². The van der Waals surface area contributed by atoms with Crippen LogP contribution < -0.4 is 0 Å². The summed E-state index contributed by atoms with van der Waals surface area (Å²) in [5.41, 5.74) is -1.10. The number of benzene rings is 1. The maximum atomic E-state index is 12.7. The van der Waals surface area contributed by atoms with Gasteiger partial charge in [-0.25, -0.2) is 13.2 Å². The van der Waals surface area contributed by atoms with Crippen molar-refractivity contribution in [1.29, 1.82) is 0 Å². The Morgan fingerprint density at radius 1 is 1.16 bits per heavy atom. The number of rotatable bonds is 3. The molecule has 1 heterocycles. The lowest BCUT2D eigenvalue weighted by Crippen LogP contribution is -2.51. The summed E-state index contributed by atoms with van der Waals surface area (Å²) in [4.78, 5) is 23.5. The standard InChI is InChI=1S/C15H21N3O6S/c1-15(2,3)24-14(19)16-8-10-17(11-9-16)25(22,23)13-7-5-4-6-12(13)18(20)21/h4-7H,8-11H2,1-3H3. The molecule has 9 nitrogen and oxygen atoms in total. The van der Waals surface area contributed by atoms with Crippen LogP contribution >= 0.6 is 0 Å². The minimum atomic E-state index is -4.01. The van der Waals surface area contributed by atoms with Crippen LogP contribution in [0.5, 0.6) is 0 Å². The van der Waals surface area contributed by atoms with Gasteiger partial charge in [0, 0.05) is 32.2 Å². The molecule has 1 aromatic rings. The number of sulfonamides is 1. The van der Waals surface area contributed by atoms with Crippen molar-refractivity contribution in [3.8, 4) is 0 Å². The molecular formula is C15H21N3O6S. The fourth-order valence-electron chi connectivity index (χ4n) is 2.40. The van der Waals surface area contributed by atoms with Gasteiger partial charge in [0.05, 0.1) is 4.92 Å². The molecule has 2 rings (SSSR count). The molecule has 0 bridgehead atoms. The van der Waals surface area contributed by atoms with E-state index in [1.54, 1.807) is 20.8 Å². The number of carbonyl (C=O) groups is 1. The highest BCUT2D eigenvalue weighted by atomic mass is 32.2. The van der Waals surface area contributed by atoms with Crippen LogP contribution in [-0.4, -0.2) is 60.4 Å². The van der Waals surface area contributed by atoms with E-state index in [4.69, 9.17) is 4.74 Å². The van der Waals surface area contributed by atoms with Crippen LogP contribution in [0.1, 0.15) is 20.8 Å². The Hall–Kier alpha value is -2.20. The van der Waals surface area contributed by atoms with Crippen LogP contribution in [0, 0.1) is 10.1 Å². The molecule has 0 aliphatic carbocycles. The molecule has 10 heteroatoms. The third kappa shape index (κ3) is 4.45. The van der Waals surface area contributed by atoms with Crippen LogP contribution in [0.25, 0.3) is 0 Å². The van der Waals surface area contributed by atoms with Crippen LogP contribution in [0.4, 0.5) is 10.5 Å². The first-order valence-electron chi connectivity index (χ1n) is 7.74. The molecular weight excluding hydrogens is 350 g/mol. The maximum Gasteiger partial charge on any atom is 0.410 e. The summed E-state index contributed by atoms with van der Waals surface area (Å²) in [6.07, 6.45) is -0.504. The second kappa shape index (κ2) is 6.96. The number of nitro benzene ring substituents is 1. The summed E-state index contributed by atoms with van der Waals surface area (Å²) in [6.45, 7) is 5.67. The van der Waals surface area contributed by atoms with Gasteiger partial charge in [-0.2, -0.15) is 4.31 Å². The smallest absolute Gasteiger partial charge is 0.410 e. The zero-order valence-electron chi connectivity index (χ0n) is 14.3. The number of nitrogens with zero attached hydrogens (tertiary/aromatic N) is 3. The zero-order valence-corrected chi connectivity index (χ0v) is 15.2. The second-order valence-corrected chi connectivity index (χ2v) is 8.50. The molecule has 0 radical (unpaired) electrons. The second-order valence-electron chi connectivity index (χ2n) is 6.60. The number of piperazine rings is 1. The Morgan fingerprint density at radius 2 is 1.72 bits per heavy atom. The molecule has 1 amide bonds. The van der Waals surface area contributed by atoms with Crippen LogP contribution in [0.2, 0.25) is 0 Å². The molecule has 1 saturated heterocycles. The van der Waals surface area contributed by atoms with E-state index in [0.717, 1.165) is 10.4 Å². The van der Waals surface area contributed by atoms with Crippen LogP contribution in [0.3, 0.4) is 0 Å². The number of para-hydroxylation sites is 1. The zero-order chi connectivity index (χ0) is 18.8. The summed E-state index contributed by atoms with van der Waals surface area (Å²) in [7, 11) is -4.01. The number of carbonyl (C=O) groups excluding carboxylic acids is 1. The molecule has 0 spiro atoms. The highest BCUT2D eigenvalue weighted by Gasteiger charge is 2.35. The van der Waals surface area contributed by atoms with E-state index in [0.29, 0.717) is 0 Å². The molecule has 1 fully saturated rings. The number of ether oxygens (including phenoxy) is 1. The Labute approximate surface area is 146 Å². The van der Waals surface area contributed by atoms with Crippen molar-refractivity contribution >= 4 is 21.8 Å². The first-order valence-corrected chi connectivity index (χ1v) is 9.18. The average molecular weight is 371 g/mol. The number of amides is 1. The van der Waals surface area contributed by atoms with Gasteiger partial charge in [0.2, 0.25) is 10.0 Å². The van der Waals surface area contributed by atoms with Gasteiger partial charge in [0.25, 0.3) is 5.69 Å². The van der Waals surface area contributed by atoms with E-state index in [1.807, 2.05) is 0 Å². The quantitative estimate of drug-likeness (QED) is 0.592. The summed E-state index contributed by atoms with van der Waals surface area (Å²) in [6, 6.07) is 5.23. The third-order valence-electron chi connectivity index (χ3n) is 3.57. The molecule has 0 N–H and O–H groups in total. The molecule has 0 aromatic heterocycles. The number of hydrogen-bond acceptors (Lipinski definition) is 6. The van der Waals surface area contributed by atoms with E-state index in [2.05, 4.69) is 0 Å². The highest BCUT2D eigenvalue weighted by molar-refractivity contribution is 7.89. The lowest BCUT2D eigenvalue weighted by atomic mass is 10.2. The van der Waals surface area contributed by atoms with Gasteiger partial charge in [0.1, 0.15) is 5.60 Å². The average Bonchev–Trinajstić information content (AvgIpc) is 2.53. The van der Waals surface area contributed by atoms with Crippen LogP contribution in [0.15, 0.2) is 29.2 Å². The molecule has 1 aliphatic heterocycles. The molecule has 138 valence electrons. The Morgan fingerprint density at radius 3 is 2.24 bits per heavy atom. The summed E-state index contributed by atoms with van der Waals surface area (Å²) < 4.78 is 31.8. The minimum absolute atomic E-state index is 0.0492. The van der Waals surface area contributed by atoms with Gasteiger partial charge in [-0.15, -0.1) is 0 Å². The Bertz CT molecular complexity index is 764. The van der Waals surface area contributed by atoms with Gasteiger partial charge in [0.15, 0.2) is 4.90 Å². The lowest BCUT2D eigenvalue weighted by molar-refractivity contribution is -0.387. The SMILES string of the molecule is CC(C)(C)OC(=O)N1CCN(S(=O)(=O)c2ccccc2[N+](=O)[O-])CC1. The van der Waals surface area contributed by atoms with E-state index < -0.39 is 32.3 Å². The summed E-state index contributed by atoms with van der Waals surface area (Å²) in [5, 5.41) is 11.1.